The van der Waals surface area contributed by atoms with Crippen LogP contribution in [0.3, 0.4) is 0 Å². The Balaban J connectivity index is 1.80. The Labute approximate surface area is 230 Å². The molecule has 2 rings (SSSR count). The molecule has 2 aromatic rings. The van der Waals surface area contributed by atoms with Crippen LogP contribution in [0.15, 0.2) is 30.6 Å². The first-order valence-corrected chi connectivity index (χ1v) is 16.2. The van der Waals surface area contributed by atoms with Crippen molar-refractivity contribution in [1.29, 1.82) is 0 Å². The van der Waals surface area contributed by atoms with Crippen LogP contribution in [0.5, 0.6) is 0 Å². The topological polar surface area (TPSA) is 25.8 Å². The maximum absolute atomic E-state index is 4.91. The van der Waals surface area contributed by atoms with E-state index in [1.165, 1.54) is 152 Å². The maximum Gasteiger partial charge on any atom is 0.0918 e. The molecular weight excluding hydrogens is 448 g/mol. The Bertz CT molecular complexity index is 798. The fraction of sp³-hybridized carbons (Fsp3) is 0.714. The van der Waals surface area contributed by atoms with Gasteiger partial charge in [0.25, 0.3) is 0 Å². The highest BCUT2D eigenvalue weighted by Crippen LogP contribution is 2.27. The predicted molar refractivity (Wildman–Crippen MR) is 163 cm³/mol. The van der Waals surface area contributed by atoms with Crippen LogP contribution in [0.1, 0.15) is 159 Å². The van der Waals surface area contributed by atoms with Crippen LogP contribution in [0.2, 0.25) is 0 Å². The maximum atomic E-state index is 4.91. The van der Waals surface area contributed by atoms with Crippen molar-refractivity contribution in [3.63, 3.8) is 0 Å². The highest BCUT2D eigenvalue weighted by Gasteiger charge is 2.13. The third-order valence-corrected chi connectivity index (χ3v) is 8.03. The summed E-state index contributed by atoms with van der Waals surface area (Å²) in [5, 5.41) is 0. The molecule has 2 nitrogen and oxygen atoms in total. The molecular formula is C35H58N2. The zero-order valence-corrected chi connectivity index (χ0v) is 24.8. The zero-order valence-electron chi connectivity index (χ0n) is 24.8. The molecule has 0 atom stereocenters. The number of nitrogens with zero attached hydrogens (tertiary/aromatic N) is 2. The van der Waals surface area contributed by atoms with Crippen molar-refractivity contribution in [3.05, 3.63) is 47.3 Å². The molecule has 0 aliphatic carbocycles. The summed E-state index contributed by atoms with van der Waals surface area (Å²) in [6, 6.07) is 6.16. The number of unbranched alkanes of at least 4 members (excludes halogenated alkanes) is 18. The number of rotatable bonds is 23. The smallest absolute Gasteiger partial charge is 0.0918 e. The minimum Gasteiger partial charge on any atom is -0.255 e. The lowest BCUT2D eigenvalue weighted by atomic mass is 9.92. The zero-order chi connectivity index (χ0) is 26.4. The van der Waals surface area contributed by atoms with E-state index in [1.807, 2.05) is 12.3 Å². The Morgan fingerprint density at radius 1 is 0.541 bits per heavy atom. The summed E-state index contributed by atoms with van der Waals surface area (Å²) >= 11 is 0. The van der Waals surface area contributed by atoms with Crippen LogP contribution in [-0.2, 0) is 12.8 Å². The molecule has 0 saturated heterocycles. The first-order chi connectivity index (χ1) is 18.3. The van der Waals surface area contributed by atoms with E-state index >= 15 is 0 Å². The van der Waals surface area contributed by atoms with Crippen LogP contribution < -0.4 is 0 Å². The molecule has 2 heteroatoms. The standard InChI is InChI=1S/C35H58N2/c1-4-6-8-10-12-14-16-18-20-22-26-32-30-37-35(34-28-24-25-29-36-34)31(3)33(32)27-23-21-19-17-15-13-11-9-7-5-2/h24-25,28-30H,4-23,26-27H2,1-3H3. The van der Waals surface area contributed by atoms with Gasteiger partial charge in [-0.2, -0.15) is 0 Å². The number of hydrogen-bond donors (Lipinski definition) is 0. The molecule has 0 fully saturated rings. The molecule has 2 heterocycles. The first kappa shape index (κ1) is 31.5. The second-order valence-electron chi connectivity index (χ2n) is 11.3. The van der Waals surface area contributed by atoms with Gasteiger partial charge in [0.2, 0.25) is 0 Å². The van der Waals surface area contributed by atoms with E-state index in [0.29, 0.717) is 0 Å². The van der Waals surface area contributed by atoms with Crippen molar-refractivity contribution in [2.45, 2.75) is 162 Å². The highest BCUT2D eigenvalue weighted by molar-refractivity contribution is 5.61. The SMILES string of the molecule is CCCCCCCCCCCCc1cnc(-c2ccccn2)c(C)c1CCCCCCCCCCCC. The largest absolute Gasteiger partial charge is 0.255 e. The van der Waals surface area contributed by atoms with Gasteiger partial charge >= 0.3 is 0 Å². The summed E-state index contributed by atoms with van der Waals surface area (Å²) in [7, 11) is 0. The molecule has 2 aromatic heterocycles. The van der Waals surface area contributed by atoms with E-state index in [1.54, 1.807) is 5.56 Å². The number of hydrogen-bond acceptors (Lipinski definition) is 2. The van der Waals surface area contributed by atoms with E-state index in [4.69, 9.17) is 4.98 Å². The lowest BCUT2D eigenvalue weighted by molar-refractivity contribution is 0.553. The van der Waals surface area contributed by atoms with Gasteiger partial charge in [0.15, 0.2) is 0 Å². The van der Waals surface area contributed by atoms with Crippen molar-refractivity contribution < 1.29 is 0 Å². The minimum atomic E-state index is 1.01. The second-order valence-corrected chi connectivity index (χ2v) is 11.3. The lowest BCUT2D eigenvalue weighted by Crippen LogP contribution is -2.04. The number of aromatic nitrogens is 2. The molecule has 37 heavy (non-hydrogen) atoms. The van der Waals surface area contributed by atoms with Gasteiger partial charge in [0.1, 0.15) is 0 Å². The van der Waals surface area contributed by atoms with Gasteiger partial charge in [-0.05, 0) is 61.4 Å². The van der Waals surface area contributed by atoms with Crippen LogP contribution in [0.4, 0.5) is 0 Å². The summed E-state index contributed by atoms with van der Waals surface area (Å²) in [6.07, 6.45) is 34.3. The fourth-order valence-electron chi connectivity index (χ4n) is 5.62. The molecule has 0 aliphatic heterocycles. The summed E-state index contributed by atoms with van der Waals surface area (Å²) < 4.78 is 0. The molecule has 0 aliphatic rings. The number of pyridine rings is 2. The normalized spacial score (nSPS) is 11.3. The van der Waals surface area contributed by atoms with Gasteiger partial charge in [-0.3, -0.25) is 9.97 Å². The van der Waals surface area contributed by atoms with Crippen LogP contribution in [0, 0.1) is 6.92 Å². The molecule has 0 saturated carbocycles. The average Bonchev–Trinajstić information content (AvgIpc) is 2.92. The van der Waals surface area contributed by atoms with Gasteiger partial charge in [0.05, 0.1) is 11.4 Å². The average molecular weight is 507 g/mol. The van der Waals surface area contributed by atoms with Gasteiger partial charge in [-0.1, -0.05) is 135 Å². The molecule has 0 spiro atoms. The molecule has 0 amide bonds. The second kappa shape index (κ2) is 21.3. The van der Waals surface area contributed by atoms with E-state index < -0.39 is 0 Å². The Morgan fingerprint density at radius 2 is 1.03 bits per heavy atom. The molecule has 0 aromatic carbocycles. The van der Waals surface area contributed by atoms with Gasteiger partial charge in [0, 0.05) is 12.4 Å². The molecule has 0 unspecified atom stereocenters. The summed E-state index contributed by atoms with van der Waals surface area (Å²) in [4.78, 5) is 9.51. The highest BCUT2D eigenvalue weighted by atomic mass is 14.8. The Hall–Kier alpha value is -1.70. The first-order valence-electron chi connectivity index (χ1n) is 16.2. The van der Waals surface area contributed by atoms with Crippen molar-refractivity contribution in [3.8, 4) is 11.4 Å². The minimum absolute atomic E-state index is 1.01. The van der Waals surface area contributed by atoms with E-state index in [-0.39, 0.29) is 0 Å². The van der Waals surface area contributed by atoms with Gasteiger partial charge in [-0.25, -0.2) is 0 Å². The van der Waals surface area contributed by atoms with Gasteiger partial charge < -0.3 is 0 Å². The van der Waals surface area contributed by atoms with E-state index in [0.717, 1.165) is 11.4 Å². The lowest BCUT2D eigenvalue weighted by Gasteiger charge is -2.16. The molecule has 0 bridgehead atoms. The number of aryl methyl sites for hydroxylation is 1. The van der Waals surface area contributed by atoms with Crippen LogP contribution in [-0.4, -0.2) is 9.97 Å². The van der Waals surface area contributed by atoms with Crippen molar-refractivity contribution in [1.82, 2.24) is 9.97 Å². The van der Waals surface area contributed by atoms with E-state index in [2.05, 4.69) is 44.1 Å². The summed E-state index contributed by atoms with van der Waals surface area (Å²) in [6.45, 7) is 6.88. The van der Waals surface area contributed by atoms with Crippen molar-refractivity contribution in [2.75, 3.05) is 0 Å². The van der Waals surface area contributed by atoms with Crippen LogP contribution in [0.25, 0.3) is 11.4 Å². The molecule has 0 N–H and O–H groups in total. The monoisotopic (exact) mass is 506 g/mol. The summed E-state index contributed by atoms with van der Waals surface area (Å²) in [5.41, 5.74) is 6.50. The molecule has 0 radical (unpaired) electrons. The quantitative estimate of drug-likeness (QED) is 0.140. The third kappa shape index (κ3) is 13.6. The van der Waals surface area contributed by atoms with Crippen molar-refractivity contribution >= 4 is 0 Å². The van der Waals surface area contributed by atoms with E-state index in [9.17, 15) is 0 Å². The fourth-order valence-corrected chi connectivity index (χ4v) is 5.62. The third-order valence-electron chi connectivity index (χ3n) is 8.03. The summed E-state index contributed by atoms with van der Waals surface area (Å²) in [5.74, 6) is 0. The van der Waals surface area contributed by atoms with Crippen LogP contribution >= 0.6 is 0 Å². The predicted octanol–water partition coefficient (Wildman–Crippen LogP) is 11.4. The Kier molecular flexibility index (Phi) is 18.1. The van der Waals surface area contributed by atoms with Crippen molar-refractivity contribution in [2.24, 2.45) is 0 Å². The Morgan fingerprint density at radius 3 is 1.51 bits per heavy atom. The van der Waals surface area contributed by atoms with Gasteiger partial charge in [-0.15, -0.1) is 0 Å². The molecule has 208 valence electrons.